The normalized spacial score (nSPS) is 11.0. The van der Waals surface area contributed by atoms with Gasteiger partial charge in [0.1, 0.15) is 0 Å². The number of aryl methyl sites for hydroxylation is 1. The first kappa shape index (κ1) is 12.8. The minimum absolute atomic E-state index is 0.667. The molecule has 3 rings (SSSR count). The van der Waals surface area contributed by atoms with Gasteiger partial charge in [-0.25, -0.2) is 4.98 Å². The van der Waals surface area contributed by atoms with E-state index < -0.39 is 0 Å². The molecule has 0 atom stereocenters. The summed E-state index contributed by atoms with van der Waals surface area (Å²) in [5.41, 5.74) is 1.12. The first-order valence-electron chi connectivity index (χ1n) is 5.66. The molecule has 98 valence electrons. The summed E-state index contributed by atoms with van der Waals surface area (Å²) in [6.45, 7) is 2.02. The quantitative estimate of drug-likeness (QED) is 0.713. The maximum Gasteiger partial charge on any atom is 0.236 e. The van der Waals surface area contributed by atoms with E-state index in [1.54, 1.807) is 34.4 Å². The van der Waals surface area contributed by atoms with Crippen molar-refractivity contribution in [1.82, 2.24) is 15.1 Å². The number of aromatic nitrogens is 3. The summed E-state index contributed by atoms with van der Waals surface area (Å²) in [5.74, 6) is 2.94. The van der Waals surface area contributed by atoms with Gasteiger partial charge < -0.3 is 4.52 Å². The minimum Gasteiger partial charge on any atom is -0.338 e. The minimum atomic E-state index is 0.667. The van der Waals surface area contributed by atoms with Gasteiger partial charge in [-0.1, -0.05) is 11.2 Å². The van der Waals surface area contributed by atoms with Crippen LogP contribution in [0.1, 0.15) is 16.6 Å². The number of thiophene rings is 1. The molecule has 3 heterocycles. The number of hydrogen-bond acceptors (Lipinski definition) is 7. The predicted molar refractivity (Wildman–Crippen MR) is 79.5 cm³/mol. The Labute approximate surface area is 122 Å². The van der Waals surface area contributed by atoms with E-state index in [2.05, 4.69) is 20.5 Å². The average molecular weight is 309 g/mol. The molecule has 0 aliphatic heterocycles. The van der Waals surface area contributed by atoms with E-state index >= 15 is 0 Å². The molecular formula is C12H11N3OS3. The van der Waals surface area contributed by atoms with Gasteiger partial charge in [-0.15, -0.1) is 34.4 Å². The van der Waals surface area contributed by atoms with Crippen LogP contribution in [0.15, 0.2) is 27.4 Å². The van der Waals surface area contributed by atoms with Crippen molar-refractivity contribution in [2.24, 2.45) is 0 Å². The van der Waals surface area contributed by atoms with Crippen molar-refractivity contribution in [3.05, 3.63) is 39.5 Å². The summed E-state index contributed by atoms with van der Waals surface area (Å²) in [5, 5.41) is 9.19. The third-order valence-electron chi connectivity index (χ3n) is 2.35. The second-order valence-electron chi connectivity index (χ2n) is 3.84. The Morgan fingerprint density at radius 3 is 2.95 bits per heavy atom. The van der Waals surface area contributed by atoms with Crippen LogP contribution >= 0.6 is 34.4 Å². The van der Waals surface area contributed by atoms with E-state index in [0.717, 1.165) is 27.1 Å². The highest BCUT2D eigenvalue weighted by atomic mass is 32.2. The van der Waals surface area contributed by atoms with E-state index in [1.807, 2.05) is 24.4 Å². The zero-order valence-electron chi connectivity index (χ0n) is 10.2. The van der Waals surface area contributed by atoms with Crippen molar-refractivity contribution in [1.29, 1.82) is 0 Å². The highest BCUT2D eigenvalue weighted by Gasteiger charge is 2.09. The van der Waals surface area contributed by atoms with Crippen LogP contribution in [-0.2, 0) is 11.5 Å². The van der Waals surface area contributed by atoms with E-state index in [-0.39, 0.29) is 0 Å². The van der Waals surface area contributed by atoms with Crippen molar-refractivity contribution >= 4 is 34.4 Å². The molecule has 0 fully saturated rings. The van der Waals surface area contributed by atoms with Crippen molar-refractivity contribution in [2.45, 2.75) is 18.4 Å². The second kappa shape index (κ2) is 5.85. The summed E-state index contributed by atoms with van der Waals surface area (Å²) >= 11 is 5.03. The number of thioether (sulfide) groups is 1. The molecule has 0 bridgehead atoms. The van der Waals surface area contributed by atoms with Crippen molar-refractivity contribution in [3.8, 4) is 10.7 Å². The first-order valence-corrected chi connectivity index (χ1v) is 8.58. The van der Waals surface area contributed by atoms with Crippen LogP contribution in [0.2, 0.25) is 0 Å². The molecule has 0 N–H and O–H groups in total. The number of hydrogen-bond donors (Lipinski definition) is 0. The second-order valence-corrected chi connectivity index (χ2v) is 6.84. The summed E-state index contributed by atoms with van der Waals surface area (Å²) < 4.78 is 5.24. The molecule has 19 heavy (non-hydrogen) atoms. The van der Waals surface area contributed by atoms with Gasteiger partial charge in [-0.2, -0.15) is 4.98 Å². The Morgan fingerprint density at radius 2 is 2.21 bits per heavy atom. The Kier molecular flexibility index (Phi) is 3.95. The van der Waals surface area contributed by atoms with Gasteiger partial charge in [0.2, 0.25) is 11.7 Å². The summed E-state index contributed by atoms with van der Waals surface area (Å²) in [6, 6.07) is 3.97. The van der Waals surface area contributed by atoms with Crippen LogP contribution in [0.5, 0.6) is 0 Å². The van der Waals surface area contributed by atoms with Crippen molar-refractivity contribution < 1.29 is 4.52 Å². The first-order chi connectivity index (χ1) is 9.31. The fourth-order valence-electron chi connectivity index (χ4n) is 1.54. The smallest absolute Gasteiger partial charge is 0.236 e. The van der Waals surface area contributed by atoms with Gasteiger partial charge in [0.15, 0.2) is 0 Å². The van der Waals surface area contributed by atoms with E-state index in [9.17, 15) is 0 Å². The highest BCUT2D eigenvalue weighted by Crippen LogP contribution is 2.23. The van der Waals surface area contributed by atoms with Gasteiger partial charge in [-0.3, -0.25) is 0 Å². The lowest BCUT2D eigenvalue weighted by atomic mass is 10.4. The molecule has 7 heteroatoms. The van der Waals surface area contributed by atoms with Gasteiger partial charge in [0.05, 0.1) is 21.3 Å². The molecule has 0 amide bonds. The van der Waals surface area contributed by atoms with Gasteiger partial charge >= 0.3 is 0 Å². The number of rotatable bonds is 5. The van der Waals surface area contributed by atoms with Crippen molar-refractivity contribution in [2.75, 3.05) is 0 Å². The fraction of sp³-hybridized carbons (Fsp3) is 0.250. The molecule has 3 aromatic heterocycles. The topological polar surface area (TPSA) is 51.8 Å². The molecule has 0 saturated carbocycles. The standard InChI is InChI=1S/C12H11N3OS3/c1-8-13-9(6-19-8)5-17-7-11-14-12(15-16-11)10-3-2-4-18-10/h2-4,6H,5,7H2,1H3. The van der Waals surface area contributed by atoms with E-state index in [1.165, 1.54) is 0 Å². The summed E-state index contributed by atoms with van der Waals surface area (Å²) in [4.78, 5) is 9.84. The molecule has 0 saturated heterocycles. The van der Waals surface area contributed by atoms with E-state index in [4.69, 9.17) is 4.52 Å². The van der Waals surface area contributed by atoms with Crippen LogP contribution in [0, 0.1) is 6.92 Å². The zero-order chi connectivity index (χ0) is 13.1. The Hall–Kier alpha value is -1.18. The molecule has 0 aliphatic carbocycles. The lowest BCUT2D eigenvalue weighted by Crippen LogP contribution is -1.84. The lowest BCUT2D eigenvalue weighted by molar-refractivity contribution is 0.392. The highest BCUT2D eigenvalue weighted by molar-refractivity contribution is 7.97. The average Bonchev–Trinajstić information content (AvgIpc) is 3.09. The number of nitrogens with zero attached hydrogens (tertiary/aromatic N) is 3. The molecule has 4 nitrogen and oxygen atoms in total. The van der Waals surface area contributed by atoms with Gasteiger partial charge in [0.25, 0.3) is 0 Å². The molecule has 0 aliphatic rings. The largest absolute Gasteiger partial charge is 0.338 e. The Balaban J connectivity index is 1.56. The predicted octanol–water partition coefficient (Wildman–Crippen LogP) is 4.00. The fourth-order valence-corrected chi connectivity index (χ4v) is 3.66. The van der Waals surface area contributed by atoms with Crippen LogP contribution in [-0.4, -0.2) is 15.1 Å². The monoisotopic (exact) mass is 309 g/mol. The van der Waals surface area contributed by atoms with Gasteiger partial charge in [-0.05, 0) is 18.4 Å². The van der Waals surface area contributed by atoms with Crippen LogP contribution in [0.3, 0.4) is 0 Å². The number of thiazole rings is 1. The summed E-state index contributed by atoms with van der Waals surface area (Å²) in [6.07, 6.45) is 0. The molecule has 0 unspecified atom stereocenters. The maximum absolute atomic E-state index is 5.24. The van der Waals surface area contributed by atoms with Crippen molar-refractivity contribution in [3.63, 3.8) is 0 Å². The molecule has 0 radical (unpaired) electrons. The molecule has 0 spiro atoms. The third-order valence-corrected chi connectivity index (χ3v) is 4.99. The zero-order valence-corrected chi connectivity index (χ0v) is 12.6. The molecule has 3 aromatic rings. The van der Waals surface area contributed by atoms with Gasteiger partial charge in [0, 0.05) is 11.1 Å². The molecular weight excluding hydrogens is 298 g/mol. The van der Waals surface area contributed by atoms with Crippen LogP contribution < -0.4 is 0 Å². The lowest BCUT2D eigenvalue weighted by Gasteiger charge is -1.93. The molecule has 0 aromatic carbocycles. The maximum atomic E-state index is 5.24. The van der Waals surface area contributed by atoms with Crippen LogP contribution in [0.25, 0.3) is 10.7 Å². The van der Waals surface area contributed by atoms with E-state index in [0.29, 0.717) is 11.7 Å². The summed E-state index contributed by atoms with van der Waals surface area (Å²) in [7, 11) is 0. The Bertz CT molecular complexity index is 645. The Morgan fingerprint density at radius 1 is 1.26 bits per heavy atom. The SMILES string of the molecule is Cc1nc(CSCc2nc(-c3cccs3)no2)cs1. The third kappa shape index (κ3) is 3.23. The van der Waals surface area contributed by atoms with Crippen LogP contribution in [0.4, 0.5) is 0 Å².